The lowest BCUT2D eigenvalue weighted by atomic mass is 9.81. The summed E-state index contributed by atoms with van der Waals surface area (Å²) in [5, 5.41) is 8.44. The number of ether oxygens (including phenoxy) is 1. The third kappa shape index (κ3) is 3.37. The van der Waals surface area contributed by atoms with E-state index in [0.717, 1.165) is 49.0 Å². The summed E-state index contributed by atoms with van der Waals surface area (Å²) in [7, 11) is 1.60. The van der Waals surface area contributed by atoms with Crippen LogP contribution in [0.15, 0.2) is 30.6 Å². The number of benzene rings is 1. The summed E-state index contributed by atoms with van der Waals surface area (Å²) in [6, 6.07) is 5.53. The number of aromatic nitrogens is 5. The van der Waals surface area contributed by atoms with Gasteiger partial charge in [0.2, 0.25) is 5.95 Å². The molecule has 3 aromatic rings. The molecule has 2 aromatic heterocycles. The number of rotatable bonds is 4. The van der Waals surface area contributed by atoms with E-state index in [9.17, 15) is 4.79 Å². The third-order valence-electron chi connectivity index (χ3n) is 6.79. The minimum atomic E-state index is -0.0137. The Labute approximate surface area is 187 Å². The highest BCUT2D eigenvalue weighted by atomic mass is 16.5. The summed E-state index contributed by atoms with van der Waals surface area (Å²) in [4.78, 5) is 28.6. The van der Waals surface area contributed by atoms with E-state index >= 15 is 0 Å². The molecular formula is C23H27N7O2. The number of likely N-dealkylation sites (tertiary alicyclic amines) is 1. The van der Waals surface area contributed by atoms with E-state index in [2.05, 4.69) is 15.1 Å². The van der Waals surface area contributed by atoms with Crippen molar-refractivity contribution in [2.24, 2.45) is 5.92 Å². The monoisotopic (exact) mass is 433 g/mol. The Hall–Kier alpha value is -3.49. The van der Waals surface area contributed by atoms with Crippen molar-refractivity contribution in [3.05, 3.63) is 53.1 Å². The van der Waals surface area contributed by atoms with Crippen molar-refractivity contribution in [1.29, 1.82) is 0 Å². The fraction of sp³-hybridized carbons (Fsp3) is 0.435. The number of piperidine rings is 1. The van der Waals surface area contributed by atoms with Crippen LogP contribution in [0.4, 0.5) is 5.95 Å². The van der Waals surface area contributed by atoms with Gasteiger partial charge in [-0.2, -0.15) is 15.0 Å². The average molecular weight is 434 g/mol. The fourth-order valence-corrected chi connectivity index (χ4v) is 4.59. The van der Waals surface area contributed by atoms with E-state index in [4.69, 9.17) is 14.7 Å². The second kappa shape index (κ2) is 7.89. The number of carbonyl (C=O) groups excluding carboxylic acids is 1. The first kappa shape index (κ1) is 20.4. The van der Waals surface area contributed by atoms with Crippen LogP contribution in [-0.4, -0.2) is 68.6 Å². The molecule has 4 heterocycles. The molecule has 32 heavy (non-hydrogen) atoms. The number of aryl methyl sites for hydroxylation is 2. The number of hydrogen-bond acceptors (Lipinski definition) is 7. The molecule has 0 aliphatic carbocycles. The highest BCUT2D eigenvalue weighted by Crippen LogP contribution is 2.36. The van der Waals surface area contributed by atoms with Crippen molar-refractivity contribution in [1.82, 2.24) is 29.9 Å². The molecule has 2 saturated heterocycles. The van der Waals surface area contributed by atoms with Crippen molar-refractivity contribution < 1.29 is 9.53 Å². The molecule has 2 fully saturated rings. The smallest absolute Gasteiger partial charge is 0.256 e. The molecule has 1 aromatic carbocycles. The van der Waals surface area contributed by atoms with E-state index in [-0.39, 0.29) is 11.9 Å². The maximum atomic E-state index is 13.6. The number of fused-ring (bicyclic) bond motifs is 1. The van der Waals surface area contributed by atoms with E-state index in [1.54, 1.807) is 37.7 Å². The molecule has 0 spiro atoms. The molecule has 1 amide bonds. The lowest BCUT2D eigenvalue weighted by Crippen LogP contribution is -2.66. The molecule has 0 bridgehead atoms. The Kier molecular flexibility index (Phi) is 5.03. The molecule has 5 rings (SSSR count). The Balaban J connectivity index is 1.40. The van der Waals surface area contributed by atoms with Gasteiger partial charge in [0.15, 0.2) is 0 Å². The van der Waals surface area contributed by atoms with Crippen LogP contribution in [-0.2, 0) is 0 Å². The van der Waals surface area contributed by atoms with Crippen LogP contribution in [0.25, 0.3) is 5.69 Å². The third-order valence-corrected chi connectivity index (χ3v) is 6.79. The van der Waals surface area contributed by atoms with Crippen LogP contribution in [0.3, 0.4) is 0 Å². The van der Waals surface area contributed by atoms with Crippen LogP contribution in [0, 0.1) is 26.7 Å². The summed E-state index contributed by atoms with van der Waals surface area (Å²) in [5.74, 6) is 1.91. The summed E-state index contributed by atoms with van der Waals surface area (Å²) < 4.78 is 5.35. The summed E-state index contributed by atoms with van der Waals surface area (Å²) in [5.41, 5.74) is 4.32. The molecule has 0 N–H and O–H groups in total. The Bertz CT molecular complexity index is 1140. The highest BCUT2D eigenvalue weighted by molar-refractivity contribution is 5.98. The maximum absolute atomic E-state index is 13.6. The second-order valence-corrected chi connectivity index (χ2v) is 8.54. The summed E-state index contributed by atoms with van der Waals surface area (Å²) in [6.45, 7) is 8.51. The minimum Gasteiger partial charge on any atom is -0.497 e. The van der Waals surface area contributed by atoms with Crippen molar-refractivity contribution in [2.75, 3.05) is 31.6 Å². The summed E-state index contributed by atoms with van der Waals surface area (Å²) >= 11 is 0. The second-order valence-electron chi connectivity index (χ2n) is 8.54. The zero-order valence-corrected chi connectivity index (χ0v) is 18.8. The lowest BCUT2D eigenvalue weighted by molar-refractivity contribution is 0.00765. The first-order valence-electron chi connectivity index (χ1n) is 10.9. The van der Waals surface area contributed by atoms with E-state index in [1.165, 1.54) is 4.80 Å². The average Bonchev–Trinajstić information content (AvgIpc) is 3.32. The van der Waals surface area contributed by atoms with Crippen molar-refractivity contribution >= 4 is 11.9 Å². The molecule has 9 heteroatoms. The zero-order chi connectivity index (χ0) is 22.4. The van der Waals surface area contributed by atoms with Crippen LogP contribution in [0.2, 0.25) is 0 Å². The first-order valence-corrected chi connectivity index (χ1v) is 10.9. The molecule has 166 valence electrons. The molecule has 0 radical (unpaired) electrons. The quantitative estimate of drug-likeness (QED) is 0.624. The van der Waals surface area contributed by atoms with Gasteiger partial charge in [0.05, 0.1) is 31.1 Å². The van der Waals surface area contributed by atoms with Gasteiger partial charge in [-0.15, -0.1) is 0 Å². The summed E-state index contributed by atoms with van der Waals surface area (Å²) in [6.07, 6.45) is 4.22. The van der Waals surface area contributed by atoms with Gasteiger partial charge in [0.1, 0.15) is 11.4 Å². The fourth-order valence-electron chi connectivity index (χ4n) is 4.59. The van der Waals surface area contributed by atoms with Gasteiger partial charge in [0, 0.05) is 43.0 Å². The maximum Gasteiger partial charge on any atom is 0.256 e. The SMILES string of the molecule is COc1ccc(C(=O)N2CC3CCN(c4nc(C)c(C)c(C)n4)CC32)c(-n2nccn2)c1. The largest absolute Gasteiger partial charge is 0.497 e. The van der Waals surface area contributed by atoms with Gasteiger partial charge in [-0.25, -0.2) is 9.97 Å². The number of carbonyl (C=O) groups is 1. The number of amides is 1. The minimum absolute atomic E-state index is 0.0137. The predicted octanol–water partition coefficient (Wildman–Crippen LogP) is 2.34. The van der Waals surface area contributed by atoms with Gasteiger partial charge in [-0.3, -0.25) is 4.79 Å². The zero-order valence-electron chi connectivity index (χ0n) is 18.8. The molecular weight excluding hydrogens is 406 g/mol. The molecule has 0 saturated carbocycles. The number of anilines is 1. The molecule has 2 aliphatic heterocycles. The number of methoxy groups -OCH3 is 1. The topological polar surface area (TPSA) is 89.3 Å². The van der Waals surface area contributed by atoms with Crippen LogP contribution in [0.1, 0.15) is 33.7 Å². The van der Waals surface area contributed by atoms with Crippen LogP contribution >= 0.6 is 0 Å². The lowest BCUT2D eigenvalue weighted by Gasteiger charge is -2.53. The Morgan fingerprint density at radius 1 is 1.06 bits per heavy atom. The molecule has 2 aliphatic rings. The van der Waals surface area contributed by atoms with Gasteiger partial charge in [0.25, 0.3) is 5.91 Å². The Morgan fingerprint density at radius 3 is 2.47 bits per heavy atom. The molecule has 2 atom stereocenters. The molecule has 9 nitrogen and oxygen atoms in total. The predicted molar refractivity (Wildman–Crippen MR) is 119 cm³/mol. The van der Waals surface area contributed by atoms with E-state index in [0.29, 0.717) is 22.9 Å². The van der Waals surface area contributed by atoms with Crippen molar-refractivity contribution in [2.45, 2.75) is 33.2 Å². The highest BCUT2D eigenvalue weighted by Gasteiger charge is 2.46. The van der Waals surface area contributed by atoms with Gasteiger partial charge >= 0.3 is 0 Å². The van der Waals surface area contributed by atoms with Gasteiger partial charge < -0.3 is 14.5 Å². The van der Waals surface area contributed by atoms with E-state index in [1.807, 2.05) is 25.7 Å². The molecule has 2 unspecified atom stereocenters. The Morgan fingerprint density at radius 2 is 1.78 bits per heavy atom. The first-order chi connectivity index (χ1) is 15.5. The van der Waals surface area contributed by atoms with Crippen molar-refractivity contribution in [3.63, 3.8) is 0 Å². The van der Waals surface area contributed by atoms with Crippen LogP contribution < -0.4 is 9.64 Å². The van der Waals surface area contributed by atoms with Gasteiger partial charge in [-0.1, -0.05) is 0 Å². The number of hydrogen-bond donors (Lipinski definition) is 0. The number of nitrogens with zero attached hydrogens (tertiary/aromatic N) is 7. The van der Waals surface area contributed by atoms with Crippen LogP contribution in [0.5, 0.6) is 5.75 Å². The standard InChI is InChI=1S/C23H27N7O2/c1-14-15(2)26-23(27-16(14)3)28-10-7-17-12-29(21(17)13-28)22(31)19-6-5-18(32-4)11-20(19)30-24-8-9-25-30/h5-6,8-9,11,17,21H,7,10,12-13H2,1-4H3. The van der Waals surface area contributed by atoms with Gasteiger partial charge in [-0.05, 0) is 44.9 Å². The normalized spacial score (nSPS) is 20.0. The van der Waals surface area contributed by atoms with E-state index < -0.39 is 0 Å². The van der Waals surface area contributed by atoms with Crippen molar-refractivity contribution in [3.8, 4) is 11.4 Å².